The maximum Gasteiger partial charge on any atom is 0.120 e. The van der Waals surface area contributed by atoms with Crippen molar-refractivity contribution in [3.8, 4) is 11.5 Å². The number of aromatic hydroxyl groups is 2. The van der Waals surface area contributed by atoms with Crippen molar-refractivity contribution >= 4 is 43.2 Å². The second-order valence-corrected chi connectivity index (χ2v) is 9.21. The molecule has 4 rings (SSSR count). The van der Waals surface area contributed by atoms with Gasteiger partial charge in [0.15, 0.2) is 0 Å². The molecule has 0 aliphatic carbocycles. The third-order valence-electron chi connectivity index (χ3n) is 5.21. The molecule has 0 aromatic heterocycles. The van der Waals surface area contributed by atoms with Gasteiger partial charge in [-0.05, 0) is 60.7 Å². The molecule has 0 fully saturated rings. The first-order chi connectivity index (χ1) is 15.5. The molecule has 2 atom stereocenters. The minimum atomic E-state index is -0.394. The van der Waals surface area contributed by atoms with Crippen LogP contribution in [0.3, 0.4) is 0 Å². The molecule has 4 aromatic carbocycles. The van der Waals surface area contributed by atoms with Gasteiger partial charge in [-0.15, -0.1) is 0 Å². The molecule has 6 heteroatoms. The monoisotopic (exact) mass is 552 g/mol. The van der Waals surface area contributed by atoms with Crippen molar-refractivity contribution in [1.29, 1.82) is 0 Å². The Kier molecular flexibility index (Phi) is 7.02. The number of halogens is 2. The first-order valence-corrected chi connectivity index (χ1v) is 11.7. The summed E-state index contributed by atoms with van der Waals surface area (Å²) in [6, 6.07) is 29.5. The van der Waals surface area contributed by atoms with Gasteiger partial charge in [-0.2, -0.15) is 0 Å². The molecule has 4 N–H and O–H groups in total. The molecule has 0 saturated carbocycles. The second-order valence-electron chi connectivity index (χ2n) is 7.38. The Bertz CT molecular complexity index is 1090. The van der Waals surface area contributed by atoms with Crippen LogP contribution >= 0.6 is 31.9 Å². The van der Waals surface area contributed by atoms with Crippen LogP contribution < -0.4 is 10.6 Å². The summed E-state index contributed by atoms with van der Waals surface area (Å²) in [5.74, 6) is 0.361. The highest BCUT2D eigenvalue weighted by molar-refractivity contribution is 9.10. The lowest BCUT2D eigenvalue weighted by Crippen LogP contribution is -2.26. The smallest absolute Gasteiger partial charge is 0.120 e. The normalized spacial score (nSPS) is 12.7. The van der Waals surface area contributed by atoms with E-state index in [2.05, 4.69) is 42.5 Å². The topological polar surface area (TPSA) is 64.5 Å². The highest BCUT2D eigenvalue weighted by atomic mass is 79.9. The third kappa shape index (κ3) is 5.26. The summed E-state index contributed by atoms with van der Waals surface area (Å²) in [6.45, 7) is 0. The Labute approximate surface area is 204 Å². The van der Waals surface area contributed by atoms with E-state index in [1.54, 1.807) is 24.3 Å². The number of phenolic OH excluding ortho intramolecular Hbond substituents is 2. The first-order valence-electron chi connectivity index (χ1n) is 10.1. The molecule has 32 heavy (non-hydrogen) atoms. The van der Waals surface area contributed by atoms with E-state index in [1.165, 1.54) is 0 Å². The average molecular weight is 554 g/mol. The zero-order chi connectivity index (χ0) is 22.5. The number of phenols is 2. The average Bonchev–Trinajstić information content (AvgIpc) is 2.80. The Morgan fingerprint density at radius 1 is 0.500 bits per heavy atom. The van der Waals surface area contributed by atoms with E-state index in [0.29, 0.717) is 11.1 Å². The molecular weight excluding hydrogens is 532 g/mol. The van der Waals surface area contributed by atoms with Crippen molar-refractivity contribution in [2.75, 3.05) is 10.6 Å². The highest BCUT2D eigenvalue weighted by Crippen LogP contribution is 2.41. The lowest BCUT2D eigenvalue weighted by molar-refractivity contribution is 0.447. The predicted octanol–water partition coefficient (Wildman–Crippen LogP) is 7.63. The van der Waals surface area contributed by atoms with Crippen LogP contribution in [0.1, 0.15) is 23.2 Å². The molecule has 0 unspecified atom stereocenters. The fourth-order valence-electron chi connectivity index (χ4n) is 3.63. The molecule has 0 radical (unpaired) electrons. The minimum absolute atomic E-state index is 0.181. The molecule has 0 heterocycles. The first kappa shape index (κ1) is 22.2. The van der Waals surface area contributed by atoms with Gasteiger partial charge in [0.1, 0.15) is 11.5 Å². The number of hydrogen-bond donors (Lipinski definition) is 4. The van der Waals surface area contributed by atoms with E-state index in [1.807, 2.05) is 72.8 Å². The number of rotatable bonds is 7. The molecule has 0 spiro atoms. The zero-order valence-corrected chi connectivity index (χ0v) is 20.2. The number of benzene rings is 4. The van der Waals surface area contributed by atoms with E-state index in [9.17, 15) is 10.2 Å². The van der Waals surface area contributed by atoms with Crippen LogP contribution in [-0.2, 0) is 0 Å². The standard InChI is InChI=1S/C26H22Br2N2O2/c27-17-9-13-19(14-10-17)29-25(21-5-1-3-7-23(21)31)26(22-6-2-4-8-24(22)32)30-20-15-11-18(28)12-16-20/h1-16,25-26,29-32H/t25-,26-/m0/s1. The van der Waals surface area contributed by atoms with Gasteiger partial charge in [0.2, 0.25) is 0 Å². The van der Waals surface area contributed by atoms with E-state index in [0.717, 1.165) is 20.3 Å². The van der Waals surface area contributed by atoms with Crippen LogP contribution in [0.2, 0.25) is 0 Å². The molecule has 0 amide bonds. The van der Waals surface area contributed by atoms with Crippen molar-refractivity contribution in [2.45, 2.75) is 12.1 Å². The highest BCUT2D eigenvalue weighted by Gasteiger charge is 2.29. The van der Waals surface area contributed by atoms with Gasteiger partial charge in [0.05, 0.1) is 12.1 Å². The summed E-state index contributed by atoms with van der Waals surface area (Å²) in [5, 5.41) is 28.6. The number of anilines is 2. The predicted molar refractivity (Wildman–Crippen MR) is 137 cm³/mol. The van der Waals surface area contributed by atoms with Gasteiger partial charge in [-0.1, -0.05) is 68.3 Å². The van der Waals surface area contributed by atoms with Gasteiger partial charge in [0, 0.05) is 31.4 Å². The van der Waals surface area contributed by atoms with E-state index in [-0.39, 0.29) is 11.5 Å². The van der Waals surface area contributed by atoms with E-state index < -0.39 is 12.1 Å². The van der Waals surface area contributed by atoms with E-state index >= 15 is 0 Å². The van der Waals surface area contributed by atoms with Crippen LogP contribution in [0.15, 0.2) is 106 Å². The van der Waals surface area contributed by atoms with Gasteiger partial charge >= 0.3 is 0 Å². The summed E-state index contributed by atoms with van der Waals surface area (Å²) in [5.41, 5.74) is 3.21. The summed E-state index contributed by atoms with van der Waals surface area (Å²) < 4.78 is 1.96. The van der Waals surface area contributed by atoms with Gasteiger partial charge in [-0.3, -0.25) is 0 Å². The summed E-state index contributed by atoms with van der Waals surface area (Å²) in [4.78, 5) is 0. The van der Waals surface area contributed by atoms with Crippen molar-refractivity contribution < 1.29 is 10.2 Å². The Hall–Kier alpha value is -2.96. The Morgan fingerprint density at radius 3 is 1.19 bits per heavy atom. The van der Waals surface area contributed by atoms with Crippen molar-refractivity contribution in [2.24, 2.45) is 0 Å². The lowest BCUT2D eigenvalue weighted by Gasteiger charge is -2.32. The molecular formula is C26H22Br2N2O2. The van der Waals surface area contributed by atoms with Crippen molar-refractivity contribution in [3.63, 3.8) is 0 Å². The van der Waals surface area contributed by atoms with Crippen LogP contribution in [0.25, 0.3) is 0 Å². The van der Waals surface area contributed by atoms with Crippen LogP contribution in [-0.4, -0.2) is 10.2 Å². The number of nitrogens with one attached hydrogen (secondary N) is 2. The van der Waals surface area contributed by atoms with Crippen molar-refractivity contribution in [3.05, 3.63) is 117 Å². The van der Waals surface area contributed by atoms with Crippen LogP contribution in [0.4, 0.5) is 11.4 Å². The molecule has 0 aliphatic rings. The summed E-state index contributed by atoms with van der Waals surface area (Å²) >= 11 is 6.95. The lowest BCUT2D eigenvalue weighted by atomic mass is 9.91. The molecule has 162 valence electrons. The van der Waals surface area contributed by atoms with E-state index in [4.69, 9.17) is 0 Å². The maximum atomic E-state index is 10.7. The molecule has 4 nitrogen and oxygen atoms in total. The largest absolute Gasteiger partial charge is 0.508 e. The number of hydrogen-bond acceptors (Lipinski definition) is 4. The van der Waals surface area contributed by atoms with Gasteiger partial charge in [0.25, 0.3) is 0 Å². The quantitative estimate of drug-likeness (QED) is 0.190. The fourth-order valence-corrected chi connectivity index (χ4v) is 4.16. The SMILES string of the molecule is Oc1ccccc1[C@H](Nc1ccc(Br)cc1)[C@@H](Nc1ccc(Br)cc1)c1ccccc1O. The molecule has 0 saturated heterocycles. The fraction of sp³-hybridized carbons (Fsp3) is 0.0769. The second kappa shape index (κ2) is 10.1. The Balaban J connectivity index is 1.82. The molecule has 0 aliphatic heterocycles. The minimum Gasteiger partial charge on any atom is -0.508 e. The van der Waals surface area contributed by atoms with Crippen LogP contribution in [0, 0.1) is 0 Å². The molecule has 4 aromatic rings. The maximum absolute atomic E-state index is 10.7. The van der Waals surface area contributed by atoms with Crippen LogP contribution in [0.5, 0.6) is 11.5 Å². The summed E-state index contributed by atoms with van der Waals surface area (Å²) in [7, 11) is 0. The third-order valence-corrected chi connectivity index (χ3v) is 6.27. The van der Waals surface area contributed by atoms with Gasteiger partial charge in [-0.25, -0.2) is 0 Å². The van der Waals surface area contributed by atoms with Gasteiger partial charge < -0.3 is 20.8 Å². The van der Waals surface area contributed by atoms with Crippen molar-refractivity contribution in [1.82, 2.24) is 0 Å². The number of para-hydroxylation sites is 2. The Morgan fingerprint density at radius 2 is 0.844 bits per heavy atom. The molecule has 0 bridgehead atoms. The zero-order valence-electron chi connectivity index (χ0n) is 17.0. The summed E-state index contributed by atoms with van der Waals surface area (Å²) in [6.07, 6.45) is 0.